The van der Waals surface area contributed by atoms with Gasteiger partial charge < -0.3 is 15.0 Å². The van der Waals surface area contributed by atoms with Crippen LogP contribution in [0, 0.1) is 0 Å². The molecule has 118 valence electrons. The number of para-hydroxylation sites is 1. The smallest absolute Gasteiger partial charge is 0.255 e. The van der Waals surface area contributed by atoms with Gasteiger partial charge in [-0.3, -0.25) is 4.79 Å². The van der Waals surface area contributed by atoms with Crippen LogP contribution in [0.1, 0.15) is 32.8 Å². The molecule has 0 saturated carbocycles. The molecule has 0 spiro atoms. The first kappa shape index (κ1) is 16.3. The molecule has 0 saturated heterocycles. The monoisotopic (exact) mass is 300 g/mol. The number of pyridine rings is 1. The highest BCUT2D eigenvalue weighted by Gasteiger charge is 2.20. The second-order valence-electron chi connectivity index (χ2n) is 6.06. The van der Waals surface area contributed by atoms with E-state index in [0.717, 1.165) is 23.4 Å². The Hall–Kier alpha value is -2.07. The van der Waals surface area contributed by atoms with E-state index in [9.17, 15) is 4.79 Å². The molecule has 4 nitrogen and oxygen atoms in total. The summed E-state index contributed by atoms with van der Waals surface area (Å²) >= 11 is 0. The standard InChI is InChI=1S/C18H24N2O2/c1-5-12-22-16-9-7-6-8-13(16)15-11-10-14(18(2,3)19)17(21)20(15)4/h6-11H,5,12,19H2,1-4H3. The molecule has 0 atom stereocenters. The minimum Gasteiger partial charge on any atom is -0.493 e. The molecule has 1 heterocycles. The van der Waals surface area contributed by atoms with E-state index in [2.05, 4.69) is 6.92 Å². The minimum absolute atomic E-state index is 0.0738. The van der Waals surface area contributed by atoms with Crippen molar-refractivity contribution in [1.82, 2.24) is 4.57 Å². The molecule has 1 aromatic heterocycles. The Morgan fingerprint density at radius 1 is 1.18 bits per heavy atom. The van der Waals surface area contributed by atoms with Gasteiger partial charge in [0.2, 0.25) is 0 Å². The predicted molar refractivity (Wildman–Crippen MR) is 90.1 cm³/mol. The van der Waals surface area contributed by atoms with Gasteiger partial charge in [0.1, 0.15) is 5.75 Å². The Bertz CT molecular complexity index is 712. The van der Waals surface area contributed by atoms with Gasteiger partial charge in [-0.1, -0.05) is 19.1 Å². The van der Waals surface area contributed by atoms with Crippen LogP contribution in [0.5, 0.6) is 5.75 Å². The summed E-state index contributed by atoms with van der Waals surface area (Å²) in [5.74, 6) is 0.791. The van der Waals surface area contributed by atoms with Crippen molar-refractivity contribution < 1.29 is 4.74 Å². The van der Waals surface area contributed by atoms with Crippen molar-refractivity contribution in [2.75, 3.05) is 6.61 Å². The van der Waals surface area contributed by atoms with Gasteiger partial charge >= 0.3 is 0 Å². The number of ether oxygens (including phenoxy) is 1. The van der Waals surface area contributed by atoms with Crippen molar-refractivity contribution in [2.45, 2.75) is 32.7 Å². The Labute approximate surface area is 131 Å². The first-order valence-electron chi connectivity index (χ1n) is 7.58. The molecule has 2 rings (SSSR count). The van der Waals surface area contributed by atoms with E-state index >= 15 is 0 Å². The van der Waals surface area contributed by atoms with Crippen LogP contribution in [-0.2, 0) is 12.6 Å². The SMILES string of the molecule is CCCOc1ccccc1-c1ccc(C(C)(C)N)c(=O)n1C. The van der Waals surface area contributed by atoms with Gasteiger partial charge in [-0.15, -0.1) is 0 Å². The van der Waals surface area contributed by atoms with Crippen molar-refractivity contribution in [2.24, 2.45) is 12.8 Å². The highest BCUT2D eigenvalue weighted by Crippen LogP contribution is 2.29. The van der Waals surface area contributed by atoms with Crippen LogP contribution in [0.2, 0.25) is 0 Å². The van der Waals surface area contributed by atoms with E-state index in [4.69, 9.17) is 10.5 Å². The Balaban J connectivity index is 2.56. The number of hydrogen-bond donors (Lipinski definition) is 1. The first-order valence-corrected chi connectivity index (χ1v) is 7.58. The molecule has 0 fully saturated rings. The van der Waals surface area contributed by atoms with Crippen LogP contribution >= 0.6 is 0 Å². The molecule has 2 aromatic rings. The molecular weight excluding hydrogens is 276 g/mol. The molecule has 2 N–H and O–H groups in total. The van der Waals surface area contributed by atoms with E-state index < -0.39 is 5.54 Å². The third-order valence-corrected chi connectivity index (χ3v) is 3.62. The molecule has 0 unspecified atom stereocenters. The summed E-state index contributed by atoms with van der Waals surface area (Å²) in [5.41, 5.74) is 7.68. The maximum absolute atomic E-state index is 12.6. The largest absolute Gasteiger partial charge is 0.493 e. The molecular formula is C18H24N2O2. The highest BCUT2D eigenvalue weighted by atomic mass is 16.5. The van der Waals surface area contributed by atoms with Crippen LogP contribution in [0.25, 0.3) is 11.3 Å². The summed E-state index contributed by atoms with van der Waals surface area (Å²) in [7, 11) is 1.77. The first-order chi connectivity index (χ1) is 10.4. The number of rotatable bonds is 5. The molecule has 0 bridgehead atoms. The zero-order chi connectivity index (χ0) is 16.3. The minimum atomic E-state index is -0.661. The summed E-state index contributed by atoms with van der Waals surface area (Å²) in [5, 5.41) is 0. The maximum atomic E-state index is 12.6. The third-order valence-electron chi connectivity index (χ3n) is 3.62. The molecule has 4 heteroatoms. The quantitative estimate of drug-likeness (QED) is 0.923. The lowest BCUT2D eigenvalue weighted by molar-refractivity contribution is 0.318. The highest BCUT2D eigenvalue weighted by molar-refractivity contribution is 5.67. The van der Waals surface area contributed by atoms with Crippen molar-refractivity contribution in [3.8, 4) is 17.0 Å². The van der Waals surface area contributed by atoms with Gasteiger partial charge in [-0.2, -0.15) is 0 Å². The van der Waals surface area contributed by atoms with Gasteiger partial charge in [-0.25, -0.2) is 0 Å². The van der Waals surface area contributed by atoms with Crippen LogP contribution < -0.4 is 16.0 Å². The molecule has 1 aromatic carbocycles. The molecule has 0 amide bonds. The van der Waals surface area contributed by atoms with Crippen LogP contribution in [-0.4, -0.2) is 11.2 Å². The van der Waals surface area contributed by atoms with E-state index in [1.807, 2.05) is 50.2 Å². The zero-order valence-corrected chi connectivity index (χ0v) is 13.7. The lowest BCUT2D eigenvalue weighted by Gasteiger charge is -2.21. The fraction of sp³-hybridized carbons (Fsp3) is 0.389. The van der Waals surface area contributed by atoms with E-state index in [0.29, 0.717) is 12.2 Å². The van der Waals surface area contributed by atoms with Gasteiger partial charge in [0, 0.05) is 23.7 Å². The normalized spacial score (nSPS) is 11.5. The molecule has 22 heavy (non-hydrogen) atoms. The van der Waals surface area contributed by atoms with Gasteiger partial charge in [-0.05, 0) is 44.5 Å². The lowest BCUT2D eigenvalue weighted by atomic mass is 9.96. The summed E-state index contributed by atoms with van der Waals surface area (Å²) < 4.78 is 7.43. The van der Waals surface area contributed by atoms with E-state index in [1.54, 1.807) is 11.6 Å². The van der Waals surface area contributed by atoms with E-state index in [-0.39, 0.29) is 5.56 Å². The number of aromatic nitrogens is 1. The predicted octanol–water partition coefficient (Wildman–Crippen LogP) is 3.03. The third kappa shape index (κ3) is 3.22. The van der Waals surface area contributed by atoms with Crippen molar-refractivity contribution in [3.63, 3.8) is 0 Å². The zero-order valence-electron chi connectivity index (χ0n) is 13.7. The van der Waals surface area contributed by atoms with E-state index in [1.165, 1.54) is 0 Å². The number of nitrogens with zero attached hydrogens (tertiary/aromatic N) is 1. The van der Waals surface area contributed by atoms with Crippen LogP contribution in [0.3, 0.4) is 0 Å². The molecule has 0 aliphatic heterocycles. The van der Waals surface area contributed by atoms with Crippen LogP contribution in [0.4, 0.5) is 0 Å². The molecule has 0 aliphatic rings. The molecule has 0 radical (unpaired) electrons. The number of benzene rings is 1. The van der Waals surface area contributed by atoms with Crippen molar-refractivity contribution in [3.05, 3.63) is 52.3 Å². The summed E-state index contributed by atoms with van der Waals surface area (Å²) in [4.78, 5) is 12.6. The fourth-order valence-corrected chi connectivity index (χ4v) is 2.41. The van der Waals surface area contributed by atoms with Gasteiger partial charge in [0.15, 0.2) is 0 Å². The van der Waals surface area contributed by atoms with Crippen molar-refractivity contribution >= 4 is 0 Å². The number of nitrogens with two attached hydrogens (primary N) is 1. The summed E-state index contributed by atoms with van der Waals surface area (Å²) in [6.45, 7) is 6.39. The Morgan fingerprint density at radius 2 is 1.86 bits per heavy atom. The second-order valence-corrected chi connectivity index (χ2v) is 6.06. The van der Waals surface area contributed by atoms with Crippen molar-refractivity contribution in [1.29, 1.82) is 0 Å². The van der Waals surface area contributed by atoms with Gasteiger partial charge in [0.05, 0.1) is 12.3 Å². The topological polar surface area (TPSA) is 57.2 Å². The van der Waals surface area contributed by atoms with Gasteiger partial charge in [0.25, 0.3) is 5.56 Å². The van der Waals surface area contributed by atoms with Crippen LogP contribution in [0.15, 0.2) is 41.2 Å². The summed E-state index contributed by atoms with van der Waals surface area (Å²) in [6, 6.07) is 11.5. The fourth-order valence-electron chi connectivity index (χ4n) is 2.41. The lowest BCUT2D eigenvalue weighted by Crippen LogP contribution is -2.37. The second kappa shape index (κ2) is 6.36. The molecule has 0 aliphatic carbocycles. The Kier molecular flexibility index (Phi) is 4.71. The summed E-state index contributed by atoms with van der Waals surface area (Å²) in [6.07, 6.45) is 0.938. The Morgan fingerprint density at radius 3 is 2.50 bits per heavy atom. The average molecular weight is 300 g/mol. The maximum Gasteiger partial charge on any atom is 0.255 e. The average Bonchev–Trinajstić information content (AvgIpc) is 2.47. The number of hydrogen-bond acceptors (Lipinski definition) is 3.